The summed E-state index contributed by atoms with van der Waals surface area (Å²) in [5, 5.41) is 7.83. The van der Waals surface area contributed by atoms with Crippen LogP contribution >= 0.6 is 0 Å². The van der Waals surface area contributed by atoms with Crippen molar-refractivity contribution < 1.29 is 0 Å². The van der Waals surface area contributed by atoms with Gasteiger partial charge < -0.3 is 0 Å². The molecule has 11 heavy (non-hydrogen) atoms. The fourth-order valence-electron chi connectivity index (χ4n) is 0.995. The monoisotopic (exact) mass is 154 g/mol. The number of rotatable bonds is 0. The molecule has 2 nitrogen and oxygen atoms in total. The van der Waals surface area contributed by atoms with E-state index in [0.29, 0.717) is 0 Å². The predicted molar refractivity (Wildman–Crippen MR) is 51.3 cm³/mol. The van der Waals surface area contributed by atoms with E-state index in [2.05, 4.69) is 17.1 Å². The molecule has 0 aromatic heterocycles. The average molecular weight is 154 g/mol. The van der Waals surface area contributed by atoms with Crippen molar-refractivity contribution in [2.24, 2.45) is 16.1 Å². The molecule has 0 radical (unpaired) electrons. The van der Waals surface area contributed by atoms with Gasteiger partial charge in [0.15, 0.2) is 0 Å². The van der Waals surface area contributed by atoms with Gasteiger partial charge in [-0.05, 0) is 25.7 Å². The molecule has 0 aromatic rings. The summed E-state index contributed by atoms with van der Waals surface area (Å²) in [5.74, 6) is 0.722. The lowest BCUT2D eigenvalue weighted by molar-refractivity contribution is 0.646. The van der Waals surface area contributed by atoms with Crippen molar-refractivity contribution in [2.75, 3.05) is 0 Å². The van der Waals surface area contributed by atoms with Crippen LogP contribution in [0.15, 0.2) is 10.2 Å². The van der Waals surface area contributed by atoms with Crippen LogP contribution in [0.2, 0.25) is 0 Å². The Balaban J connectivity index is 0.000000461. The molecular formula is C9H18N2. The Kier molecular flexibility index (Phi) is 5.71. The molecule has 1 aliphatic heterocycles. The fraction of sp³-hybridized carbons (Fsp3) is 0.778. The first-order chi connectivity index (χ1) is 5.29. The lowest BCUT2D eigenvalue weighted by atomic mass is 10.0. The van der Waals surface area contributed by atoms with Gasteiger partial charge in [-0.1, -0.05) is 20.8 Å². The maximum absolute atomic E-state index is 3.96. The van der Waals surface area contributed by atoms with Crippen molar-refractivity contribution in [1.29, 1.82) is 0 Å². The molecule has 1 atom stereocenters. The zero-order chi connectivity index (χ0) is 8.69. The molecule has 0 saturated carbocycles. The van der Waals surface area contributed by atoms with Gasteiger partial charge in [0.2, 0.25) is 0 Å². The lowest BCUT2D eigenvalue weighted by Gasteiger charge is -2.02. The minimum absolute atomic E-state index is 0.722. The Hall–Kier alpha value is -0.660. The van der Waals surface area contributed by atoms with E-state index in [4.69, 9.17) is 0 Å². The topological polar surface area (TPSA) is 24.7 Å². The SMILES string of the molecule is CC.CC1=NN=CCC(C)C1. The number of hydrogen-bond donors (Lipinski definition) is 0. The summed E-state index contributed by atoms with van der Waals surface area (Å²) in [6.45, 7) is 8.25. The summed E-state index contributed by atoms with van der Waals surface area (Å²) < 4.78 is 0. The van der Waals surface area contributed by atoms with Gasteiger partial charge in [0.1, 0.15) is 0 Å². The minimum Gasteiger partial charge on any atom is -0.164 e. The Bertz CT molecular complexity index is 148. The van der Waals surface area contributed by atoms with Gasteiger partial charge in [0.25, 0.3) is 0 Å². The summed E-state index contributed by atoms with van der Waals surface area (Å²) in [5.41, 5.74) is 1.15. The molecular weight excluding hydrogens is 136 g/mol. The zero-order valence-electron chi connectivity index (χ0n) is 7.96. The Morgan fingerprint density at radius 3 is 2.73 bits per heavy atom. The van der Waals surface area contributed by atoms with Crippen LogP contribution < -0.4 is 0 Å². The van der Waals surface area contributed by atoms with Crippen molar-refractivity contribution in [3.8, 4) is 0 Å². The third-order valence-electron chi connectivity index (χ3n) is 1.46. The Morgan fingerprint density at radius 2 is 2.09 bits per heavy atom. The first kappa shape index (κ1) is 10.3. The van der Waals surface area contributed by atoms with E-state index >= 15 is 0 Å². The number of nitrogens with zero attached hydrogens (tertiary/aromatic N) is 2. The van der Waals surface area contributed by atoms with E-state index in [-0.39, 0.29) is 0 Å². The van der Waals surface area contributed by atoms with Crippen LogP contribution in [0.4, 0.5) is 0 Å². The molecule has 64 valence electrons. The van der Waals surface area contributed by atoms with Crippen LogP contribution in [0, 0.1) is 5.92 Å². The summed E-state index contributed by atoms with van der Waals surface area (Å²) >= 11 is 0. The van der Waals surface area contributed by atoms with E-state index in [1.807, 2.05) is 27.0 Å². The van der Waals surface area contributed by atoms with Gasteiger partial charge in [-0.15, -0.1) is 0 Å². The van der Waals surface area contributed by atoms with E-state index in [1.165, 1.54) is 0 Å². The van der Waals surface area contributed by atoms with Crippen LogP contribution in [-0.2, 0) is 0 Å². The highest BCUT2D eigenvalue weighted by molar-refractivity contribution is 5.83. The molecule has 0 aliphatic carbocycles. The molecule has 0 saturated heterocycles. The van der Waals surface area contributed by atoms with Gasteiger partial charge in [-0.3, -0.25) is 0 Å². The van der Waals surface area contributed by atoms with Crippen LogP contribution in [0.25, 0.3) is 0 Å². The van der Waals surface area contributed by atoms with Crippen LogP contribution in [0.1, 0.15) is 40.5 Å². The molecule has 0 aromatic carbocycles. The second-order valence-corrected chi connectivity index (χ2v) is 2.68. The highest BCUT2D eigenvalue weighted by atomic mass is 15.2. The van der Waals surface area contributed by atoms with Crippen molar-refractivity contribution in [3.05, 3.63) is 0 Å². The molecule has 1 heterocycles. The Labute approximate surface area is 69.4 Å². The largest absolute Gasteiger partial charge is 0.164 e. The lowest BCUT2D eigenvalue weighted by Crippen LogP contribution is -1.99. The first-order valence-electron chi connectivity index (χ1n) is 4.34. The summed E-state index contributed by atoms with van der Waals surface area (Å²) in [6.07, 6.45) is 4.06. The van der Waals surface area contributed by atoms with E-state index in [0.717, 1.165) is 24.5 Å². The standard InChI is InChI=1S/C7H12N2.C2H6/c1-6-3-4-8-9-7(2)5-6;1-2/h4,6H,3,5H2,1-2H3;1-2H3. The molecule has 2 heteroatoms. The highest BCUT2D eigenvalue weighted by Gasteiger charge is 2.04. The Morgan fingerprint density at radius 1 is 1.45 bits per heavy atom. The van der Waals surface area contributed by atoms with Gasteiger partial charge in [0.05, 0.1) is 0 Å². The minimum atomic E-state index is 0.722. The molecule has 0 fully saturated rings. The highest BCUT2D eigenvalue weighted by Crippen LogP contribution is 2.09. The quantitative estimate of drug-likeness (QED) is 0.512. The van der Waals surface area contributed by atoms with E-state index in [1.54, 1.807) is 0 Å². The van der Waals surface area contributed by atoms with Gasteiger partial charge in [-0.25, -0.2) is 0 Å². The van der Waals surface area contributed by atoms with E-state index in [9.17, 15) is 0 Å². The van der Waals surface area contributed by atoms with Crippen molar-refractivity contribution in [3.63, 3.8) is 0 Å². The van der Waals surface area contributed by atoms with Crippen molar-refractivity contribution >= 4 is 11.9 Å². The first-order valence-corrected chi connectivity index (χ1v) is 4.34. The maximum Gasteiger partial charge on any atom is 0.0377 e. The van der Waals surface area contributed by atoms with Crippen molar-refractivity contribution in [2.45, 2.75) is 40.5 Å². The maximum atomic E-state index is 3.96. The number of hydrogen-bond acceptors (Lipinski definition) is 2. The molecule has 0 bridgehead atoms. The smallest absolute Gasteiger partial charge is 0.0377 e. The second-order valence-electron chi connectivity index (χ2n) is 2.68. The predicted octanol–water partition coefficient (Wildman–Crippen LogP) is 2.89. The van der Waals surface area contributed by atoms with Crippen LogP contribution in [0.5, 0.6) is 0 Å². The summed E-state index contributed by atoms with van der Waals surface area (Å²) in [7, 11) is 0. The third-order valence-corrected chi connectivity index (χ3v) is 1.46. The third kappa shape index (κ3) is 4.71. The molecule has 1 unspecified atom stereocenters. The van der Waals surface area contributed by atoms with E-state index < -0.39 is 0 Å². The molecule has 0 amide bonds. The molecule has 1 rings (SSSR count). The van der Waals surface area contributed by atoms with Crippen molar-refractivity contribution in [1.82, 2.24) is 0 Å². The zero-order valence-corrected chi connectivity index (χ0v) is 7.96. The molecule has 0 spiro atoms. The summed E-state index contributed by atoms with van der Waals surface area (Å²) in [4.78, 5) is 0. The van der Waals surface area contributed by atoms with Gasteiger partial charge >= 0.3 is 0 Å². The van der Waals surface area contributed by atoms with Crippen LogP contribution in [0.3, 0.4) is 0 Å². The molecule has 1 aliphatic rings. The van der Waals surface area contributed by atoms with Gasteiger partial charge in [-0.2, -0.15) is 10.2 Å². The fourth-order valence-corrected chi connectivity index (χ4v) is 0.995. The van der Waals surface area contributed by atoms with Crippen LogP contribution in [-0.4, -0.2) is 11.9 Å². The normalized spacial score (nSPS) is 22.9. The second kappa shape index (κ2) is 6.08. The molecule has 0 N–H and O–H groups in total. The average Bonchev–Trinajstić information content (AvgIpc) is 2.18. The summed E-state index contributed by atoms with van der Waals surface area (Å²) in [6, 6.07) is 0. The van der Waals surface area contributed by atoms with Gasteiger partial charge in [0, 0.05) is 11.9 Å².